The van der Waals surface area contributed by atoms with Crippen molar-refractivity contribution in [3.05, 3.63) is 28.6 Å². The predicted octanol–water partition coefficient (Wildman–Crippen LogP) is 0.188. The standard InChI is InChI=1S/C27H33F2N3O7/c1-4-6-32(7-5-28)11-13-10-16(33)18-14(20(13)29)8-12-9-15-21(31(2)3)23(35)19(26(30)38)25(37)27(15,39)24(36)17(12)22(18)34/h10,12,15,17,19,21,33,39H,4-9,11H2,1-3H3,(H2,30,38)/t12-,15-,17?,19?,21-,27-/m0/s1. The van der Waals surface area contributed by atoms with Gasteiger partial charge in [0.15, 0.2) is 34.7 Å². The molecule has 3 aliphatic rings. The number of fused-ring (bicyclic) bond motifs is 3. The summed E-state index contributed by atoms with van der Waals surface area (Å²) in [5.41, 5.74) is 2.02. The van der Waals surface area contributed by atoms with E-state index >= 15 is 4.39 Å². The summed E-state index contributed by atoms with van der Waals surface area (Å²) in [6.07, 6.45) is 0.350. The van der Waals surface area contributed by atoms with Crippen LogP contribution in [0.15, 0.2) is 6.07 Å². The van der Waals surface area contributed by atoms with Crippen molar-refractivity contribution in [2.45, 2.75) is 44.4 Å². The number of aromatic hydroxyl groups is 1. The molecule has 1 amide bonds. The first-order valence-corrected chi connectivity index (χ1v) is 13.0. The van der Waals surface area contributed by atoms with Gasteiger partial charge in [-0.25, -0.2) is 8.78 Å². The third kappa shape index (κ3) is 4.38. The molecule has 212 valence electrons. The number of Topliss-reactive ketones (excluding diaryl/α,β-unsaturated/α-hetero) is 4. The number of likely N-dealkylation sites (N-methyl/N-ethyl adjacent to an activating group) is 1. The third-order valence-corrected chi connectivity index (χ3v) is 8.40. The number of amides is 1. The third-order valence-electron chi connectivity index (χ3n) is 8.40. The van der Waals surface area contributed by atoms with Gasteiger partial charge in [0.2, 0.25) is 5.91 Å². The molecule has 2 unspecified atom stereocenters. The molecule has 0 heterocycles. The van der Waals surface area contributed by atoms with Gasteiger partial charge < -0.3 is 15.9 Å². The number of nitrogens with two attached hydrogens (primary N) is 1. The van der Waals surface area contributed by atoms with E-state index in [1.165, 1.54) is 19.0 Å². The van der Waals surface area contributed by atoms with Gasteiger partial charge in [-0.15, -0.1) is 0 Å². The SMILES string of the molecule is CCCN(CCF)Cc1cc(O)c2c(c1F)C[C@H]1C[C@H]3[C@H](N(C)C)C(=O)C(C(N)=O)C(=O)[C@@]3(O)C(=O)C1C2=O. The van der Waals surface area contributed by atoms with Gasteiger partial charge in [0.25, 0.3) is 0 Å². The van der Waals surface area contributed by atoms with E-state index in [0.29, 0.717) is 13.0 Å². The fraction of sp³-hybridized carbons (Fsp3) is 0.593. The van der Waals surface area contributed by atoms with Crippen LogP contribution in [0.3, 0.4) is 0 Å². The number of rotatable bonds is 8. The van der Waals surface area contributed by atoms with Gasteiger partial charge in [-0.1, -0.05) is 6.92 Å². The van der Waals surface area contributed by atoms with Gasteiger partial charge >= 0.3 is 0 Å². The van der Waals surface area contributed by atoms with Crippen LogP contribution in [-0.4, -0.2) is 94.6 Å². The van der Waals surface area contributed by atoms with Crippen molar-refractivity contribution in [2.24, 2.45) is 29.4 Å². The molecule has 0 saturated heterocycles. The van der Waals surface area contributed by atoms with Crippen molar-refractivity contribution >= 4 is 29.0 Å². The summed E-state index contributed by atoms with van der Waals surface area (Å²) in [6.45, 7) is 1.78. The van der Waals surface area contributed by atoms with Crippen LogP contribution in [0.2, 0.25) is 0 Å². The zero-order valence-corrected chi connectivity index (χ0v) is 22.1. The van der Waals surface area contributed by atoms with Crippen LogP contribution in [0.1, 0.15) is 41.3 Å². The summed E-state index contributed by atoms with van der Waals surface area (Å²) in [4.78, 5) is 68.8. The molecule has 0 aliphatic heterocycles. The van der Waals surface area contributed by atoms with Crippen LogP contribution in [-0.2, 0) is 32.1 Å². The maximum absolute atomic E-state index is 15.8. The van der Waals surface area contributed by atoms with E-state index in [4.69, 9.17) is 5.73 Å². The average Bonchev–Trinajstić information content (AvgIpc) is 2.84. The highest BCUT2D eigenvalue weighted by atomic mass is 19.1. The van der Waals surface area contributed by atoms with Gasteiger partial charge in [-0.3, -0.25) is 33.8 Å². The maximum atomic E-state index is 15.8. The van der Waals surface area contributed by atoms with E-state index in [-0.39, 0.29) is 37.1 Å². The van der Waals surface area contributed by atoms with E-state index in [1.54, 1.807) is 4.90 Å². The number of benzene rings is 1. The van der Waals surface area contributed by atoms with Crippen LogP contribution >= 0.6 is 0 Å². The van der Waals surface area contributed by atoms with Crippen molar-refractivity contribution < 1.29 is 43.0 Å². The Kier molecular flexibility index (Phi) is 7.76. The molecule has 3 aliphatic carbocycles. The van der Waals surface area contributed by atoms with Crippen LogP contribution in [0.4, 0.5) is 8.78 Å². The molecule has 2 fully saturated rings. The van der Waals surface area contributed by atoms with Crippen LogP contribution in [0, 0.1) is 29.5 Å². The normalized spacial score (nSPS) is 30.4. The minimum Gasteiger partial charge on any atom is -0.507 e. The second-order valence-electron chi connectivity index (χ2n) is 11.0. The first kappa shape index (κ1) is 28.9. The minimum absolute atomic E-state index is 0.00572. The van der Waals surface area contributed by atoms with Crippen molar-refractivity contribution in [1.82, 2.24) is 9.80 Å². The first-order chi connectivity index (χ1) is 18.3. The predicted molar refractivity (Wildman–Crippen MR) is 133 cm³/mol. The van der Waals surface area contributed by atoms with Crippen LogP contribution < -0.4 is 5.73 Å². The lowest BCUT2D eigenvalue weighted by Crippen LogP contribution is -2.74. The number of phenols is 1. The number of hydrogen-bond acceptors (Lipinski definition) is 9. The topological polar surface area (TPSA) is 158 Å². The number of ketones is 4. The van der Waals surface area contributed by atoms with E-state index < -0.39 is 88.2 Å². The number of aliphatic hydroxyl groups is 1. The number of primary amides is 1. The Labute approximate surface area is 224 Å². The summed E-state index contributed by atoms with van der Waals surface area (Å²) in [5, 5.41) is 22.3. The second-order valence-corrected chi connectivity index (χ2v) is 11.0. The molecular weight excluding hydrogens is 516 g/mol. The number of alkyl halides is 1. The summed E-state index contributed by atoms with van der Waals surface area (Å²) in [7, 11) is 2.97. The first-order valence-electron chi connectivity index (χ1n) is 13.0. The smallest absolute Gasteiger partial charge is 0.235 e. The minimum atomic E-state index is -2.84. The molecule has 0 aromatic heterocycles. The molecule has 1 aromatic carbocycles. The lowest BCUT2D eigenvalue weighted by atomic mass is 9.52. The Morgan fingerprint density at radius 3 is 2.41 bits per heavy atom. The number of hydrogen-bond donors (Lipinski definition) is 3. The molecule has 10 nitrogen and oxygen atoms in total. The summed E-state index contributed by atoms with van der Waals surface area (Å²) in [5.74, 6) is -12.8. The van der Waals surface area contributed by atoms with E-state index in [9.17, 15) is 38.6 Å². The molecule has 12 heteroatoms. The quantitative estimate of drug-likeness (QED) is 0.385. The fourth-order valence-electron chi connectivity index (χ4n) is 6.77. The zero-order valence-electron chi connectivity index (χ0n) is 22.1. The van der Waals surface area contributed by atoms with Crippen molar-refractivity contribution in [3.63, 3.8) is 0 Å². The highest BCUT2D eigenvalue weighted by Crippen LogP contribution is 2.51. The Morgan fingerprint density at radius 1 is 1.18 bits per heavy atom. The lowest BCUT2D eigenvalue weighted by molar-refractivity contribution is -0.181. The highest BCUT2D eigenvalue weighted by molar-refractivity contribution is 6.32. The molecule has 0 radical (unpaired) electrons. The highest BCUT2D eigenvalue weighted by Gasteiger charge is 2.69. The zero-order chi connectivity index (χ0) is 29.0. The Bertz CT molecular complexity index is 1250. The number of halogens is 2. The summed E-state index contributed by atoms with van der Waals surface area (Å²) in [6, 6.07) is -0.159. The molecule has 4 rings (SSSR count). The molecule has 39 heavy (non-hydrogen) atoms. The molecule has 1 aromatic rings. The average molecular weight is 550 g/mol. The van der Waals surface area contributed by atoms with Crippen LogP contribution in [0.5, 0.6) is 5.75 Å². The Balaban J connectivity index is 1.79. The number of phenolic OH excluding ortho intramolecular Hbond substituents is 1. The largest absolute Gasteiger partial charge is 0.507 e. The Hall–Kier alpha value is -3.09. The molecule has 4 N–H and O–H groups in total. The number of carbonyl (C=O) groups excluding carboxylic acids is 5. The number of nitrogens with zero attached hydrogens (tertiary/aromatic N) is 2. The second kappa shape index (κ2) is 10.5. The van der Waals surface area contributed by atoms with E-state index in [1.807, 2.05) is 6.92 Å². The van der Waals surface area contributed by atoms with Gasteiger partial charge in [0.05, 0.1) is 17.5 Å². The fourth-order valence-corrected chi connectivity index (χ4v) is 6.77. The molecule has 0 bridgehead atoms. The van der Waals surface area contributed by atoms with Crippen LogP contribution in [0.25, 0.3) is 0 Å². The van der Waals surface area contributed by atoms with Gasteiger partial charge in [-0.2, -0.15) is 0 Å². The van der Waals surface area contributed by atoms with Crippen molar-refractivity contribution in [2.75, 3.05) is 33.9 Å². The monoisotopic (exact) mass is 549 g/mol. The van der Waals surface area contributed by atoms with Gasteiger partial charge in [0.1, 0.15) is 18.2 Å². The summed E-state index contributed by atoms with van der Waals surface area (Å²) >= 11 is 0. The summed E-state index contributed by atoms with van der Waals surface area (Å²) < 4.78 is 28.8. The van der Waals surface area contributed by atoms with Gasteiger partial charge in [-0.05, 0) is 51.9 Å². The van der Waals surface area contributed by atoms with E-state index in [0.717, 1.165) is 6.07 Å². The Morgan fingerprint density at radius 2 is 1.85 bits per heavy atom. The molecular formula is C27H33F2N3O7. The van der Waals surface area contributed by atoms with Gasteiger partial charge in [0, 0.05) is 30.1 Å². The maximum Gasteiger partial charge on any atom is 0.235 e. The lowest BCUT2D eigenvalue weighted by Gasteiger charge is -2.52. The van der Waals surface area contributed by atoms with Crippen molar-refractivity contribution in [1.29, 1.82) is 0 Å². The molecule has 0 spiro atoms. The number of carbonyl (C=O) groups is 5. The van der Waals surface area contributed by atoms with Crippen molar-refractivity contribution in [3.8, 4) is 5.75 Å². The molecule has 6 atom stereocenters. The van der Waals surface area contributed by atoms with E-state index in [2.05, 4.69) is 0 Å². The molecule has 2 saturated carbocycles.